The van der Waals surface area contributed by atoms with E-state index in [-0.39, 0.29) is 16.6 Å². The number of anilines is 3. The second kappa shape index (κ2) is 11.4. The number of nitrogens with one attached hydrogen (secondary N) is 2. The Balaban J connectivity index is 1.19. The van der Waals surface area contributed by atoms with Crippen LogP contribution in [0.5, 0.6) is 5.75 Å². The number of halogens is 2. The number of imide groups is 1. The Kier molecular flexibility index (Phi) is 7.63. The van der Waals surface area contributed by atoms with Crippen LogP contribution in [0.2, 0.25) is 5.02 Å². The molecule has 0 saturated carbocycles. The predicted molar refractivity (Wildman–Crippen MR) is 152 cm³/mol. The smallest absolute Gasteiger partial charge is 0.283 e. The molecule has 1 heterocycles. The zero-order valence-corrected chi connectivity index (χ0v) is 21.9. The Bertz CT molecular complexity index is 1570. The van der Waals surface area contributed by atoms with Crippen molar-refractivity contribution in [1.82, 2.24) is 0 Å². The average molecular weight is 558 g/mol. The fourth-order valence-electron chi connectivity index (χ4n) is 3.89. The summed E-state index contributed by atoms with van der Waals surface area (Å²) in [6.07, 6.45) is 0. The maximum atomic E-state index is 12.9. The number of amides is 3. The zero-order chi connectivity index (χ0) is 27.4. The minimum absolute atomic E-state index is 0.0617. The molecule has 0 saturated heterocycles. The summed E-state index contributed by atoms with van der Waals surface area (Å²) in [5.41, 5.74) is 2.81. The minimum Gasteiger partial charge on any atom is -0.489 e. The number of rotatable bonds is 8. The van der Waals surface area contributed by atoms with Crippen LogP contribution in [-0.4, -0.2) is 17.7 Å². The lowest BCUT2D eigenvalue weighted by atomic mass is 10.2. The van der Waals surface area contributed by atoms with Crippen LogP contribution < -0.4 is 20.3 Å². The molecule has 1 aliphatic heterocycles. The van der Waals surface area contributed by atoms with Crippen LogP contribution in [0.3, 0.4) is 0 Å². The normalized spacial score (nSPS) is 13.0. The van der Waals surface area contributed by atoms with Gasteiger partial charge in [0.05, 0.1) is 5.69 Å². The number of benzene rings is 4. The van der Waals surface area contributed by atoms with Gasteiger partial charge >= 0.3 is 0 Å². The molecule has 0 bridgehead atoms. The third-order valence-corrected chi connectivity index (χ3v) is 6.46. The van der Waals surface area contributed by atoms with Crippen molar-refractivity contribution in [2.24, 2.45) is 0 Å². The lowest BCUT2D eigenvalue weighted by Crippen LogP contribution is -2.32. The van der Waals surface area contributed by atoms with Crippen LogP contribution in [0.15, 0.2) is 114 Å². The van der Waals surface area contributed by atoms with Gasteiger partial charge in [-0.25, -0.2) is 4.90 Å². The molecular formula is C30H21Cl2N3O4. The van der Waals surface area contributed by atoms with Crippen molar-refractivity contribution in [2.45, 2.75) is 6.61 Å². The number of carbonyl (C=O) groups is 3. The molecule has 0 unspecified atom stereocenters. The summed E-state index contributed by atoms with van der Waals surface area (Å²) >= 11 is 12.2. The Morgan fingerprint density at radius 2 is 1.46 bits per heavy atom. The quantitative estimate of drug-likeness (QED) is 0.238. The summed E-state index contributed by atoms with van der Waals surface area (Å²) in [6.45, 7) is 0.452. The molecular weight excluding hydrogens is 537 g/mol. The summed E-state index contributed by atoms with van der Waals surface area (Å²) in [7, 11) is 0. The van der Waals surface area contributed by atoms with Gasteiger partial charge in [0.15, 0.2) is 0 Å². The van der Waals surface area contributed by atoms with Gasteiger partial charge in [0, 0.05) is 22.0 Å². The van der Waals surface area contributed by atoms with Crippen LogP contribution in [0.4, 0.5) is 17.1 Å². The predicted octanol–water partition coefficient (Wildman–Crippen LogP) is 6.61. The fraction of sp³-hybridized carbons (Fsp3) is 0.0333. The van der Waals surface area contributed by atoms with E-state index in [4.69, 9.17) is 27.9 Å². The van der Waals surface area contributed by atoms with Crippen molar-refractivity contribution in [3.8, 4) is 5.75 Å². The van der Waals surface area contributed by atoms with E-state index in [1.165, 1.54) is 6.07 Å². The van der Waals surface area contributed by atoms with Gasteiger partial charge in [-0.2, -0.15) is 0 Å². The van der Waals surface area contributed by atoms with Gasteiger partial charge in [0.25, 0.3) is 17.7 Å². The van der Waals surface area contributed by atoms with Crippen molar-refractivity contribution >= 4 is 58.0 Å². The van der Waals surface area contributed by atoms with Crippen molar-refractivity contribution in [2.75, 3.05) is 15.5 Å². The molecule has 4 aromatic rings. The third-order valence-electron chi connectivity index (χ3n) is 5.87. The van der Waals surface area contributed by atoms with Crippen molar-refractivity contribution in [3.05, 3.63) is 130 Å². The number of ether oxygens (including phenoxy) is 1. The Morgan fingerprint density at radius 1 is 0.769 bits per heavy atom. The van der Waals surface area contributed by atoms with Crippen LogP contribution >= 0.6 is 23.2 Å². The standard InChI is InChI=1S/C30H21Cl2N3O4/c31-21-7-4-8-24(17-21)35-29(37)26(32)27(30(35)38)33-22-11-9-20(10-12-22)28(36)34-23-13-15-25(16-14-23)39-18-19-5-2-1-3-6-19/h1-17,33H,18H2,(H,34,36). The molecule has 194 valence electrons. The molecule has 2 N–H and O–H groups in total. The Labute approximate surface area is 234 Å². The molecule has 9 heteroatoms. The molecule has 1 aliphatic rings. The Morgan fingerprint density at radius 3 is 2.15 bits per heavy atom. The third kappa shape index (κ3) is 5.95. The highest BCUT2D eigenvalue weighted by Crippen LogP contribution is 2.31. The number of hydrogen-bond donors (Lipinski definition) is 2. The summed E-state index contributed by atoms with van der Waals surface area (Å²) in [5, 5.41) is 5.87. The topological polar surface area (TPSA) is 87.7 Å². The van der Waals surface area contributed by atoms with E-state index in [1.54, 1.807) is 66.7 Å². The lowest BCUT2D eigenvalue weighted by Gasteiger charge is -2.15. The number of hydrogen-bond acceptors (Lipinski definition) is 5. The summed E-state index contributed by atoms with van der Waals surface area (Å²) in [5.74, 6) is -0.880. The minimum atomic E-state index is -0.654. The molecule has 4 aromatic carbocycles. The Hall–Kier alpha value is -4.59. The van der Waals surface area contributed by atoms with E-state index >= 15 is 0 Å². The number of nitrogens with zero attached hydrogens (tertiary/aromatic N) is 1. The first-order chi connectivity index (χ1) is 18.9. The van der Waals surface area contributed by atoms with E-state index in [9.17, 15) is 14.4 Å². The van der Waals surface area contributed by atoms with E-state index in [1.807, 2.05) is 30.3 Å². The monoisotopic (exact) mass is 557 g/mol. The highest BCUT2D eigenvalue weighted by molar-refractivity contribution is 6.53. The SMILES string of the molecule is O=C(Nc1ccc(OCc2ccccc2)cc1)c1ccc(NC2=C(Cl)C(=O)N(c3cccc(Cl)c3)C2=O)cc1. The van der Waals surface area contributed by atoms with Gasteiger partial charge in [0.2, 0.25) is 0 Å². The van der Waals surface area contributed by atoms with Crippen LogP contribution in [0, 0.1) is 0 Å². The summed E-state index contributed by atoms with van der Waals surface area (Å²) in [6, 6.07) is 29.7. The second-order valence-corrected chi connectivity index (χ2v) is 9.38. The largest absolute Gasteiger partial charge is 0.489 e. The van der Waals surface area contributed by atoms with E-state index in [2.05, 4.69) is 10.6 Å². The van der Waals surface area contributed by atoms with Crippen LogP contribution in [-0.2, 0) is 16.2 Å². The molecule has 0 aliphatic carbocycles. The van der Waals surface area contributed by atoms with E-state index in [0.29, 0.717) is 40.0 Å². The highest BCUT2D eigenvalue weighted by Gasteiger charge is 2.39. The molecule has 0 radical (unpaired) electrons. The van der Waals surface area contributed by atoms with Gasteiger partial charge in [-0.3, -0.25) is 14.4 Å². The van der Waals surface area contributed by atoms with E-state index < -0.39 is 11.8 Å². The van der Waals surface area contributed by atoms with Gasteiger partial charge in [-0.15, -0.1) is 0 Å². The van der Waals surface area contributed by atoms with Crippen molar-refractivity contribution < 1.29 is 19.1 Å². The molecule has 0 spiro atoms. The summed E-state index contributed by atoms with van der Waals surface area (Å²) < 4.78 is 5.78. The van der Waals surface area contributed by atoms with Gasteiger partial charge in [0.1, 0.15) is 23.1 Å². The van der Waals surface area contributed by atoms with Crippen LogP contribution in [0.25, 0.3) is 0 Å². The molecule has 39 heavy (non-hydrogen) atoms. The first-order valence-electron chi connectivity index (χ1n) is 11.9. The molecule has 3 amide bonds. The second-order valence-electron chi connectivity index (χ2n) is 8.57. The zero-order valence-electron chi connectivity index (χ0n) is 20.4. The van der Waals surface area contributed by atoms with Gasteiger partial charge in [-0.05, 0) is 72.3 Å². The van der Waals surface area contributed by atoms with Crippen LogP contribution in [0.1, 0.15) is 15.9 Å². The maximum absolute atomic E-state index is 12.9. The first-order valence-corrected chi connectivity index (χ1v) is 12.6. The molecule has 0 aromatic heterocycles. The van der Waals surface area contributed by atoms with Crippen molar-refractivity contribution in [3.63, 3.8) is 0 Å². The van der Waals surface area contributed by atoms with E-state index in [0.717, 1.165) is 10.5 Å². The molecule has 7 nitrogen and oxygen atoms in total. The lowest BCUT2D eigenvalue weighted by molar-refractivity contribution is -0.120. The highest BCUT2D eigenvalue weighted by atomic mass is 35.5. The summed E-state index contributed by atoms with van der Waals surface area (Å²) in [4.78, 5) is 39.3. The van der Waals surface area contributed by atoms with Gasteiger partial charge < -0.3 is 15.4 Å². The molecule has 0 fully saturated rings. The van der Waals surface area contributed by atoms with Gasteiger partial charge in [-0.1, -0.05) is 59.6 Å². The van der Waals surface area contributed by atoms with Crippen molar-refractivity contribution in [1.29, 1.82) is 0 Å². The maximum Gasteiger partial charge on any atom is 0.283 e. The number of carbonyl (C=O) groups excluding carboxylic acids is 3. The molecule has 5 rings (SSSR count). The molecule has 0 atom stereocenters. The first kappa shape index (κ1) is 26.0. The average Bonchev–Trinajstić information content (AvgIpc) is 3.16. The fourth-order valence-corrected chi connectivity index (χ4v) is 4.29.